The summed E-state index contributed by atoms with van der Waals surface area (Å²) in [5.41, 5.74) is 1.76. The molecule has 0 N–H and O–H groups in total. The zero-order chi connectivity index (χ0) is 16.4. The molecule has 1 spiro atoms. The lowest BCUT2D eigenvalue weighted by molar-refractivity contribution is -0.180. The molecule has 1 aliphatic carbocycles. The van der Waals surface area contributed by atoms with Crippen LogP contribution < -0.4 is 4.74 Å². The Kier molecular flexibility index (Phi) is 4.13. The highest BCUT2D eigenvalue weighted by molar-refractivity contribution is 5.80. The van der Waals surface area contributed by atoms with Crippen LogP contribution in [0.3, 0.4) is 0 Å². The van der Waals surface area contributed by atoms with Crippen LogP contribution >= 0.6 is 0 Å². The minimum atomic E-state index is -0.307. The van der Waals surface area contributed by atoms with Crippen molar-refractivity contribution in [2.24, 2.45) is 5.92 Å². The molecule has 1 aliphatic heterocycles. The molecule has 0 atom stereocenters. The van der Waals surface area contributed by atoms with Crippen LogP contribution in [0.4, 0.5) is 0 Å². The molecule has 0 bridgehead atoms. The lowest BCUT2D eigenvalue weighted by Gasteiger charge is -2.33. The second-order valence-electron chi connectivity index (χ2n) is 6.41. The molecule has 1 saturated heterocycles. The molecule has 1 saturated carbocycles. The van der Waals surface area contributed by atoms with Crippen LogP contribution in [-0.2, 0) is 9.47 Å². The molecule has 0 radical (unpaired) electrons. The van der Waals surface area contributed by atoms with E-state index in [1.165, 1.54) is 0 Å². The normalized spacial score (nSPS) is 20.0. The van der Waals surface area contributed by atoms with Crippen LogP contribution in [0.5, 0.6) is 5.75 Å². The molecule has 4 heteroatoms. The van der Waals surface area contributed by atoms with Gasteiger partial charge in [-0.25, -0.2) is 4.98 Å². The van der Waals surface area contributed by atoms with Gasteiger partial charge in [0, 0.05) is 24.1 Å². The summed E-state index contributed by atoms with van der Waals surface area (Å²) in [6, 6.07) is 9.90. The molecule has 24 heavy (non-hydrogen) atoms. The molecule has 2 aromatic rings. The Labute approximate surface area is 142 Å². The largest absolute Gasteiger partial charge is 0.497 e. The molecule has 124 valence electrons. The van der Waals surface area contributed by atoms with Crippen LogP contribution in [0.15, 0.2) is 30.3 Å². The standard InChI is InChI=1S/C20H21NO3/c1-22-18-6-7-19-16(14-18)3-5-17(21-19)4-2-15-8-10-20(11-9-15)23-12-13-24-20/h3,5-7,14-15H,8-13H2,1H3. The van der Waals surface area contributed by atoms with E-state index in [1.807, 2.05) is 30.3 Å². The Morgan fingerprint density at radius 2 is 1.92 bits per heavy atom. The first-order valence-electron chi connectivity index (χ1n) is 8.51. The molecule has 4 rings (SSSR count). The lowest BCUT2D eigenvalue weighted by atomic mass is 9.85. The summed E-state index contributed by atoms with van der Waals surface area (Å²) >= 11 is 0. The summed E-state index contributed by atoms with van der Waals surface area (Å²) in [4.78, 5) is 4.63. The van der Waals surface area contributed by atoms with Crippen molar-refractivity contribution in [3.05, 3.63) is 36.0 Å². The average Bonchev–Trinajstić information content (AvgIpc) is 3.09. The first kappa shape index (κ1) is 15.4. The number of rotatable bonds is 1. The van der Waals surface area contributed by atoms with Crippen molar-refractivity contribution in [1.82, 2.24) is 4.98 Å². The van der Waals surface area contributed by atoms with Gasteiger partial charge in [0.15, 0.2) is 5.79 Å². The van der Waals surface area contributed by atoms with E-state index in [-0.39, 0.29) is 5.79 Å². The van der Waals surface area contributed by atoms with Gasteiger partial charge in [-0.1, -0.05) is 5.92 Å². The van der Waals surface area contributed by atoms with Gasteiger partial charge in [0.05, 0.1) is 25.8 Å². The Morgan fingerprint density at radius 3 is 2.67 bits per heavy atom. The van der Waals surface area contributed by atoms with Gasteiger partial charge in [0.25, 0.3) is 0 Å². The third-order valence-electron chi connectivity index (χ3n) is 4.86. The highest BCUT2D eigenvalue weighted by Gasteiger charge is 2.39. The number of aromatic nitrogens is 1. The fraction of sp³-hybridized carbons (Fsp3) is 0.450. The van der Waals surface area contributed by atoms with E-state index in [9.17, 15) is 0 Å². The SMILES string of the molecule is COc1ccc2nc(C#CC3CCC4(CC3)OCCO4)ccc2c1. The molecule has 1 aromatic carbocycles. The lowest BCUT2D eigenvalue weighted by Crippen LogP contribution is -2.34. The van der Waals surface area contributed by atoms with E-state index < -0.39 is 0 Å². The van der Waals surface area contributed by atoms with Gasteiger partial charge in [-0.2, -0.15) is 0 Å². The smallest absolute Gasteiger partial charge is 0.168 e. The van der Waals surface area contributed by atoms with Gasteiger partial charge in [-0.15, -0.1) is 0 Å². The molecule has 0 unspecified atom stereocenters. The zero-order valence-electron chi connectivity index (χ0n) is 13.9. The minimum Gasteiger partial charge on any atom is -0.497 e. The average molecular weight is 323 g/mol. The van der Waals surface area contributed by atoms with Crippen LogP contribution in [0, 0.1) is 17.8 Å². The van der Waals surface area contributed by atoms with E-state index in [0.29, 0.717) is 5.92 Å². The number of fused-ring (bicyclic) bond motifs is 1. The molecule has 0 amide bonds. The van der Waals surface area contributed by atoms with Gasteiger partial charge < -0.3 is 14.2 Å². The van der Waals surface area contributed by atoms with Crippen LogP contribution in [0.2, 0.25) is 0 Å². The van der Waals surface area contributed by atoms with Crippen molar-refractivity contribution in [2.45, 2.75) is 31.5 Å². The quantitative estimate of drug-likeness (QED) is 0.753. The van der Waals surface area contributed by atoms with Gasteiger partial charge in [0.2, 0.25) is 0 Å². The molecule has 4 nitrogen and oxygen atoms in total. The maximum absolute atomic E-state index is 5.77. The first-order chi connectivity index (χ1) is 11.8. The summed E-state index contributed by atoms with van der Waals surface area (Å²) < 4.78 is 16.8. The molecule has 1 aromatic heterocycles. The van der Waals surface area contributed by atoms with Crippen molar-refractivity contribution < 1.29 is 14.2 Å². The number of ether oxygens (including phenoxy) is 3. The maximum Gasteiger partial charge on any atom is 0.168 e. The third kappa shape index (κ3) is 3.10. The molecular weight excluding hydrogens is 302 g/mol. The fourth-order valence-electron chi connectivity index (χ4n) is 3.46. The number of methoxy groups -OCH3 is 1. The minimum absolute atomic E-state index is 0.307. The maximum atomic E-state index is 5.77. The van der Waals surface area contributed by atoms with Gasteiger partial charge in [-0.3, -0.25) is 0 Å². The van der Waals surface area contributed by atoms with Crippen molar-refractivity contribution in [2.75, 3.05) is 20.3 Å². The number of hydrogen-bond donors (Lipinski definition) is 0. The first-order valence-corrected chi connectivity index (χ1v) is 8.51. The van der Waals surface area contributed by atoms with Crippen molar-refractivity contribution >= 4 is 10.9 Å². The highest BCUT2D eigenvalue weighted by atomic mass is 16.7. The van der Waals surface area contributed by atoms with Gasteiger partial charge >= 0.3 is 0 Å². The van der Waals surface area contributed by atoms with Crippen LogP contribution in [0.1, 0.15) is 31.4 Å². The van der Waals surface area contributed by atoms with E-state index in [1.54, 1.807) is 7.11 Å². The number of benzene rings is 1. The molecule has 2 heterocycles. The summed E-state index contributed by atoms with van der Waals surface area (Å²) in [7, 11) is 1.67. The van der Waals surface area contributed by atoms with Gasteiger partial charge in [0.1, 0.15) is 11.4 Å². The molecular formula is C20H21NO3. The molecule has 2 aliphatic rings. The topological polar surface area (TPSA) is 40.6 Å². The monoisotopic (exact) mass is 323 g/mol. The summed E-state index contributed by atoms with van der Waals surface area (Å²) in [5.74, 6) is 7.56. The second kappa shape index (κ2) is 6.43. The Bertz CT molecular complexity index is 789. The number of pyridine rings is 1. The van der Waals surface area contributed by atoms with Crippen LogP contribution in [-0.4, -0.2) is 31.1 Å². The summed E-state index contributed by atoms with van der Waals surface area (Å²) in [5, 5.41) is 1.06. The van der Waals surface area contributed by atoms with Gasteiger partial charge in [-0.05, 0) is 49.1 Å². The number of nitrogens with zero attached hydrogens (tertiary/aromatic N) is 1. The second-order valence-corrected chi connectivity index (χ2v) is 6.41. The van der Waals surface area contributed by atoms with Crippen molar-refractivity contribution in [3.63, 3.8) is 0 Å². The zero-order valence-corrected chi connectivity index (χ0v) is 13.9. The van der Waals surface area contributed by atoms with Crippen molar-refractivity contribution in [3.8, 4) is 17.6 Å². The van der Waals surface area contributed by atoms with E-state index in [4.69, 9.17) is 14.2 Å². The highest BCUT2D eigenvalue weighted by Crippen LogP contribution is 2.38. The number of hydrogen-bond acceptors (Lipinski definition) is 4. The van der Waals surface area contributed by atoms with E-state index in [2.05, 4.69) is 16.8 Å². The predicted octanol–water partition coefficient (Wildman–Crippen LogP) is 3.53. The third-order valence-corrected chi connectivity index (χ3v) is 4.86. The van der Waals surface area contributed by atoms with E-state index in [0.717, 1.165) is 61.2 Å². The Balaban J connectivity index is 1.46. The summed E-state index contributed by atoms with van der Waals surface area (Å²) in [6.07, 6.45) is 3.93. The molecule has 2 fully saturated rings. The van der Waals surface area contributed by atoms with E-state index >= 15 is 0 Å². The predicted molar refractivity (Wildman–Crippen MR) is 91.8 cm³/mol. The Morgan fingerprint density at radius 1 is 1.12 bits per heavy atom. The van der Waals surface area contributed by atoms with Crippen molar-refractivity contribution in [1.29, 1.82) is 0 Å². The fourth-order valence-corrected chi connectivity index (χ4v) is 3.46. The van der Waals surface area contributed by atoms with Crippen LogP contribution in [0.25, 0.3) is 10.9 Å². The Hall–Kier alpha value is -2.09. The summed E-state index contributed by atoms with van der Waals surface area (Å²) in [6.45, 7) is 1.45.